The van der Waals surface area contributed by atoms with Gasteiger partial charge in [-0.3, -0.25) is 9.36 Å². The molecule has 1 N–H and O–H groups in total. The lowest BCUT2D eigenvalue weighted by molar-refractivity contribution is -0.137. The molecule has 0 amide bonds. The summed E-state index contributed by atoms with van der Waals surface area (Å²) in [4.78, 5) is 27.4. The molecule has 3 rings (SSSR count). The van der Waals surface area contributed by atoms with Crippen molar-refractivity contribution in [2.24, 2.45) is 0 Å². The van der Waals surface area contributed by atoms with Crippen LogP contribution in [0.2, 0.25) is 0 Å². The van der Waals surface area contributed by atoms with Crippen molar-refractivity contribution in [3.63, 3.8) is 0 Å². The van der Waals surface area contributed by atoms with E-state index >= 15 is 0 Å². The predicted octanol–water partition coefficient (Wildman–Crippen LogP) is 2.91. The molecule has 1 aliphatic heterocycles. The van der Waals surface area contributed by atoms with Gasteiger partial charge in [-0.25, -0.2) is 4.79 Å². The van der Waals surface area contributed by atoms with E-state index in [1.54, 1.807) is 12.3 Å². The highest BCUT2D eigenvalue weighted by Crippen LogP contribution is 2.14. The molecule has 2 heterocycles. The van der Waals surface area contributed by atoms with Crippen molar-refractivity contribution in [1.29, 1.82) is 5.26 Å². The summed E-state index contributed by atoms with van der Waals surface area (Å²) in [6, 6.07) is 10.0. The number of likely N-dealkylation sites (tertiary alicyclic amines) is 1. The fraction of sp³-hybridized carbons (Fsp3) is 0.393. The first kappa shape index (κ1) is 27.0. The molecular formula is C28H32N4O3S. The number of esters is 1. The number of ether oxygens (including phenoxy) is 1. The minimum Gasteiger partial charge on any atom is -0.457 e. The molecule has 1 aromatic carbocycles. The summed E-state index contributed by atoms with van der Waals surface area (Å²) in [7, 11) is 0. The third-order valence-electron chi connectivity index (χ3n) is 5.84. The van der Waals surface area contributed by atoms with Crippen molar-refractivity contribution >= 4 is 34.5 Å². The molecule has 0 unspecified atom stereocenters. The number of carbonyl (C=O) groups excluding carboxylic acids is 1. The Hall–Kier alpha value is -3.59. The van der Waals surface area contributed by atoms with E-state index < -0.39 is 5.97 Å². The molecule has 2 aromatic rings. The number of anilines is 1. The van der Waals surface area contributed by atoms with Gasteiger partial charge in [0.2, 0.25) is 0 Å². The Balaban J connectivity index is 1.77. The van der Waals surface area contributed by atoms with Gasteiger partial charge in [-0.15, -0.1) is 0 Å². The number of hydrogen-bond donors (Lipinski definition) is 1. The van der Waals surface area contributed by atoms with Crippen molar-refractivity contribution in [1.82, 2.24) is 9.47 Å². The molecular weight excluding hydrogens is 472 g/mol. The lowest BCUT2D eigenvalue weighted by atomic mass is 10.1. The number of nitriles is 1. The van der Waals surface area contributed by atoms with Crippen LogP contribution in [0.3, 0.4) is 0 Å². The van der Waals surface area contributed by atoms with Crippen LogP contribution in [-0.4, -0.2) is 41.7 Å². The van der Waals surface area contributed by atoms with Crippen LogP contribution in [0.15, 0.2) is 53.5 Å². The number of benzene rings is 1. The number of rotatable bonds is 10. The molecule has 1 aromatic heterocycles. The molecule has 1 aliphatic rings. The number of nitrogens with zero attached hydrogens (tertiary/aromatic N) is 3. The van der Waals surface area contributed by atoms with Gasteiger partial charge in [-0.1, -0.05) is 54.0 Å². The van der Waals surface area contributed by atoms with E-state index in [0.717, 1.165) is 36.4 Å². The molecule has 8 heteroatoms. The monoisotopic (exact) mass is 504 g/mol. The highest BCUT2D eigenvalue weighted by molar-refractivity contribution is 7.07. The van der Waals surface area contributed by atoms with Gasteiger partial charge < -0.3 is 15.0 Å². The molecule has 0 atom stereocenters. The highest BCUT2D eigenvalue weighted by Gasteiger charge is 2.11. The fourth-order valence-corrected chi connectivity index (χ4v) is 5.00. The summed E-state index contributed by atoms with van der Waals surface area (Å²) < 4.78 is 7.07. The molecule has 36 heavy (non-hydrogen) atoms. The fourth-order valence-electron chi connectivity index (χ4n) is 4.01. The molecule has 7 nitrogen and oxygen atoms in total. The minimum absolute atomic E-state index is 0.0101. The lowest BCUT2D eigenvalue weighted by Gasteiger charge is -2.26. The van der Waals surface area contributed by atoms with Crippen LogP contribution < -0.4 is 20.1 Å². The quantitative estimate of drug-likeness (QED) is 0.232. The standard InChI is InChI=1S/C28H32N4O3S/c1-3-18-35-28(34)23(21-29)20-26-32(4-2)27(33)25(36-26)13-14-30-24-12-8-10-22(19-24)11-9-17-31-15-6-5-7-16-31/h3,8,10,12,14,19,30H,1,4-7,9,11,15-18H2,2H3. The number of piperidine rings is 1. The Morgan fingerprint density at radius 3 is 2.83 bits per heavy atom. The van der Waals surface area contributed by atoms with Gasteiger partial charge in [0, 0.05) is 18.4 Å². The topological polar surface area (TPSA) is 87.4 Å². The zero-order valence-electron chi connectivity index (χ0n) is 20.7. The number of hydrogen-bond acceptors (Lipinski definition) is 7. The predicted molar refractivity (Wildman–Crippen MR) is 144 cm³/mol. The smallest absolute Gasteiger partial charge is 0.357 e. The number of aryl methyl sites for hydroxylation is 1. The van der Waals surface area contributed by atoms with Crippen molar-refractivity contribution in [3.8, 4) is 6.07 Å². The van der Waals surface area contributed by atoms with E-state index in [2.05, 4.69) is 40.4 Å². The second-order valence-electron chi connectivity index (χ2n) is 8.42. The van der Waals surface area contributed by atoms with Crippen molar-refractivity contribution in [2.75, 3.05) is 31.6 Å². The third-order valence-corrected chi connectivity index (χ3v) is 6.85. The van der Waals surface area contributed by atoms with Gasteiger partial charge in [0.25, 0.3) is 5.56 Å². The average molecular weight is 505 g/mol. The third kappa shape index (κ3) is 7.71. The SMILES string of the molecule is C=CCOC(=O)C(=C=c1sc(=C=CNc2cccc(CCCN3CCCCC3)c2)c(=O)n1CC)C#N. The zero-order chi connectivity index (χ0) is 25.8. The summed E-state index contributed by atoms with van der Waals surface area (Å²) in [6.07, 6.45) is 9.16. The Bertz CT molecular complexity index is 1360. The molecule has 0 bridgehead atoms. The average Bonchev–Trinajstić information content (AvgIpc) is 3.20. The summed E-state index contributed by atoms with van der Waals surface area (Å²) in [5.41, 5.74) is 7.36. The highest BCUT2D eigenvalue weighted by atomic mass is 32.1. The van der Waals surface area contributed by atoms with Gasteiger partial charge in [-0.05, 0) is 69.9 Å². The van der Waals surface area contributed by atoms with Crippen LogP contribution in [0.5, 0.6) is 0 Å². The van der Waals surface area contributed by atoms with Crippen LogP contribution in [0.25, 0.3) is 11.5 Å². The van der Waals surface area contributed by atoms with Crippen LogP contribution in [0, 0.1) is 11.3 Å². The largest absolute Gasteiger partial charge is 0.457 e. The van der Waals surface area contributed by atoms with Gasteiger partial charge in [0.15, 0.2) is 5.57 Å². The number of aromatic nitrogens is 1. The van der Waals surface area contributed by atoms with Crippen molar-refractivity contribution in [3.05, 3.63) is 73.8 Å². The summed E-state index contributed by atoms with van der Waals surface area (Å²) in [6.45, 7) is 9.22. The Morgan fingerprint density at radius 2 is 2.11 bits per heavy atom. The van der Waals surface area contributed by atoms with E-state index in [1.807, 2.05) is 19.1 Å². The van der Waals surface area contributed by atoms with Crippen molar-refractivity contribution in [2.45, 2.75) is 45.6 Å². The Kier molecular flexibility index (Phi) is 10.6. The summed E-state index contributed by atoms with van der Waals surface area (Å²) in [5, 5.41) is 12.5. The van der Waals surface area contributed by atoms with Gasteiger partial charge in [0.1, 0.15) is 21.9 Å². The maximum Gasteiger partial charge on any atom is 0.357 e. The van der Waals surface area contributed by atoms with E-state index in [-0.39, 0.29) is 17.7 Å². The number of nitrogens with one attached hydrogen (secondary N) is 1. The second-order valence-corrected chi connectivity index (χ2v) is 9.42. The molecule has 1 saturated heterocycles. The maximum absolute atomic E-state index is 12.8. The number of thiazole rings is 1. The van der Waals surface area contributed by atoms with Crippen LogP contribution >= 0.6 is 11.3 Å². The van der Waals surface area contributed by atoms with E-state index in [4.69, 9.17) is 4.74 Å². The summed E-state index contributed by atoms with van der Waals surface area (Å²) >= 11 is 1.11. The Labute approximate surface area is 215 Å². The van der Waals surface area contributed by atoms with Crippen LogP contribution in [0.4, 0.5) is 5.69 Å². The lowest BCUT2D eigenvalue weighted by Crippen LogP contribution is -2.30. The van der Waals surface area contributed by atoms with E-state index in [1.165, 1.54) is 48.6 Å². The molecule has 0 radical (unpaired) electrons. The first-order valence-corrected chi connectivity index (χ1v) is 13.1. The van der Waals surface area contributed by atoms with Crippen LogP contribution in [-0.2, 0) is 22.5 Å². The molecule has 0 saturated carbocycles. The normalized spacial score (nSPS) is 13.1. The maximum atomic E-state index is 12.8. The molecule has 1 fully saturated rings. The number of carbonyl (C=O) groups is 1. The van der Waals surface area contributed by atoms with E-state index in [0.29, 0.717) is 15.7 Å². The van der Waals surface area contributed by atoms with Crippen molar-refractivity contribution < 1.29 is 9.53 Å². The molecule has 188 valence electrons. The first-order chi connectivity index (χ1) is 17.5. The zero-order valence-corrected chi connectivity index (χ0v) is 21.5. The van der Waals surface area contributed by atoms with E-state index in [9.17, 15) is 14.9 Å². The molecule has 0 aliphatic carbocycles. The molecule has 0 spiro atoms. The Morgan fingerprint density at radius 1 is 1.31 bits per heavy atom. The minimum atomic E-state index is -0.806. The first-order valence-electron chi connectivity index (χ1n) is 12.3. The second kappa shape index (κ2) is 14.1. The van der Waals surface area contributed by atoms with Gasteiger partial charge >= 0.3 is 5.97 Å². The van der Waals surface area contributed by atoms with Gasteiger partial charge in [-0.2, -0.15) is 5.26 Å². The van der Waals surface area contributed by atoms with Crippen LogP contribution in [0.1, 0.15) is 38.2 Å². The summed E-state index contributed by atoms with van der Waals surface area (Å²) in [5.74, 6) is -0.806. The van der Waals surface area contributed by atoms with Gasteiger partial charge in [0.05, 0.1) is 0 Å².